The molecule has 118 valence electrons. The number of ether oxygens (including phenoxy) is 2. The number of hydrogen-bond acceptors (Lipinski definition) is 4. The van der Waals surface area contributed by atoms with E-state index in [9.17, 15) is 4.79 Å². The third-order valence-corrected chi connectivity index (χ3v) is 3.59. The molecule has 21 heavy (non-hydrogen) atoms. The van der Waals surface area contributed by atoms with E-state index in [1.807, 2.05) is 52.0 Å². The zero-order chi connectivity index (χ0) is 15.9. The summed E-state index contributed by atoms with van der Waals surface area (Å²) in [6.45, 7) is 8.93. The van der Waals surface area contributed by atoms with Gasteiger partial charge in [-0.05, 0) is 38.3 Å². The van der Waals surface area contributed by atoms with Gasteiger partial charge >= 0.3 is 5.97 Å². The molecule has 0 saturated carbocycles. The molecule has 1 N–H and O–H groups in total. The maximum atomic E-state index is 11.9. The molecule has 0 spiro atoms. The van der Waals surface area contributed by atoms with E-state index in [4.69, 9.17) is 9.47 Å². The normalized spacial score (nSPS) is 13.0. The van der Waals surface area contributed by atoms with E-state index in [0.29, 0.717) is 6.61 Å². The number of carbonyl (C=O) groups excluding carboxylic acids is 1. The van der Waals surface area contributed by atoms with Crippen molar-refractivity contribution >= 4 is 5.97 Å². The van der Waals surface area contributed by atoms with Gasteiger partial charge in [-0.25, -0.2) is 0 Å². The molecular formula is C17H27NO3. The molecule has 0 aliphatic carbocycles. The molecule has 1 aromatic rings. The fraction of sp³-hybridized carbons (Fsp3) is 0.588. The van der Waals surface area contributed by atoms with E-state index in [1.54, 1.807) is 7.11 Å². The van der Waals surface area contributed by atoms with Gasteiger partial charge in [0.25, 0.3) is 0 Å². The summed E-state index contributed by atoms with van der Waals surface area (Å²) in [5, 5.41) is 3.32. The molecule has 1 rings (SSSR count). The number of esters is 1. The smallest absolute Gasteiger partial charge is 0.313 e. The Kier molecular flexibility index (Phi) is 6.85. The van der Waals surface area contributed by atoms with E-state index in [2.05, 4.69) is 5.32 Å². The molecule has 0 saturated heterocycles. The number of methoxy groups -OCH3 is 1. The van der Waals surface area contributed by atoms with Crippen LogP contribution in [-0.4, -0.2) is 25.4 Å². The summed E-state index contributed by atoms with van der Waals surface area (Å²) in [6.07, 6.45) is 0.743. The van der Waals surface area contributed by atoms with E-state index in [-0.39, 0.29) is 17.6 Å². The van der Waals surface area contributed by atoms with Gasteiger partial charge in [0.05, 0.1) is 12.5 Å². The lowest BCUT2D eigenvalue weighted by Crippen LogP contribution is -2.40. The minimum Gasteiger partial charge on any atom is -0.466 e. The van der Waals surface area contributed by atoms with Crippen LogP contribution in [0.4, 0.5) is 0 Å². The average Bonchev–Trinajstić information content (AvgIpc) is 2.47. The number of benzene rings is 1. The molecule has 0 aliphatic rings. The molecule has 0 amide bonds. The second kappa shape index (κ2) is 8.15. The summed E-state index contributed by atoms with van der Waals surface area (Å²) in [4.78, 5) is 11.9. The number of carbonyl (C=O) groups is 1. The van der Waals surface area contributed by atoms with Crippen LogP contribution < -0.4 is 5.32 Å². The van der Waals surface area contributed by atoms with Crippen LogP contribution in [0.5, 0.6) is 0 Å². The maximum absolute atomic E-state index is 11.9. The lowest BCUT2D eigenvalue weighted by Gasteiger charge is -2.24. The van der Waals surface area contributed by atoms with Gasteiger partial charge in [0, 0.05) is 13.7 Å². The fourth-order valence-electron chi connectivity index (χ4n) is 2.04. The second-order valence-electron chi connectivity index (χ2n) is 5.52. The summed E-state index contributed by atoms with van der Waals surface area (Å²) < 4.78 is 10.4. The second-order valence-corrected chi connectivity index (χ2v) is 5.52. The lowest BCUT2D eigenvalue weighted by molar-refractivity contribution is -0.145. The van der Waals surface area contributed by atoms with Crippen LogP contribution in [0.2, 0.25) is 0 Å². The molecule has 0 fully saturated rings. The summed E-state index contributed by atoms with van der Waals surface area (Å²) in [6, 6.07) is 8.08. The third-order valence-electron chi connectivity index (χ3n) is 3.59. The van der Waals surface area contributed by atoms with Gasteiger partial charge in [-0.15, -0.1) is 0 Å². The summed E-state index contributed by atoms with van der Waals surface area (Å²) >= 11 is 0. The van der Waals surface area contributed by atoms with Gasteiger partial charge in [-0.2, -0.15) is 0 Å². The van der Waals surface area contributed by atoms with Crippen LogP contribution in [-0.2, 0) is 20.8 Å². The highest BCUT2D eigenvalue weighted by Crippen LogP contribution is 2.21. The molecule has 0 bridgehead atoms. The van der Waals surface area contributed by atoms with Crippen molar-refractivity contribution in [2.75, 3.05) is 13.7 Å². The predicted molar refractivity (Wildman–Crippen MR) is 84.0 cm³/mol. The SMILES string of the molecule is CCOC(=O)C(CC)c1ccc(CNC(C)(C)OC)cc1. The highest BCUT2D eigenvalue weighted by atomic mass is 16.5. The zero-order valence-electron chi connectivity index (χ0n) is 13.7. The van der Waals surface area contributed by atoms with Gasteiger partial charge in [-0.3, -0.25) is 10.1 Å². The topological polar surface area (TPSA) is 47.6 Å². The van der Waals surface area contributed by atoms with E-state index in [1.165, 1.54) is 0 Å². The fourth-order valence-corrected chi connectivity index (χ4v) is 2.04. The molecule has 0 radical (unpaired) electrons. The first-order chi connectivity index (χ1) is 9.93. The van der Waals surface area contributed by atoms with Crippen LogP contribution in [0, 0.1) is 0 Å². The van der Waals surface area contributed by atoms with Crippen LogP contribution in [0.1, 0.15) is 51.2 Å². The van der Waals surface area contributed by atoms with E-state index < -0.39 is 0 Å². The monoisotopic (exact) mass is 293 g/mol. The van der Waals surface area contributed by atoms with Crippen molar-refractivity contribution in [3.05, 3.63) is 35.4 Å². The molecule has 1 atom stereocenters. The Bertz CT molecular complexity index is 440. The van der Waals surface area contributed by atoms with Crippen LogP contribution in [0.3, 0.4) is 0 Å². The molecule has 0 aliphatic heterocycles. The van der Waals surface area contributed by atoms with E-state index >= 15 is 0 Å². The first-order valence-corrected chi connectivity index (χ1v) is 7.49. The first kappa shape index (κ1) is 17.7. The molecule has 1 aromatic carbocycles. The Morgan fingerprint density at radius 3 is 2.33 bits per heavy atom. The Morgan fingerprint density at radius 1 is 1.24 bits per heavy atom. The highest BCUT2D eigenvalue weighted by molar-refractivity contribution is 5.78. The highest BCUT2D eigenvalue weighted by Gasteiger charge is 2.20. The van der Waals surface area contributed by atoms with Crippen molar-refractivity contribution in [2.45, 2.75) is 52.3 Å². The molecule has 1 unspecified atom stereocenters. The van der Waals surface area contributed by atoms with Crippen molar-refractivity contribution < 1.29 is 14.3 Å². The number of nitrogens with one attached hydrogen (secondary N) is 1. The minimum absolute atomic E-state index is 0.147. The van der Waals surface area contributed by atoms with Gasteiger partial charge < -0.3 is 9.47 Å². The van der Waals surface area contributed by atoms with Gasteiger partial charge in [0.1, 0.15) is 5.72 Å². The first-order valence-electron chi connectivity index (χ1n) is 7.49. The van der Waals surface area contributed by atoms with E-state index in [0.717, 1.165) is 24.1 Å². The largest absolute Gasteiger partial charge is 0.466 e. The Labute approximate surface area is 127 Å². The third kappa shape index (κ3) is 5.48. The molecule has 4 heteroatoms. The van der Waals surface area contributed by atoms with Crippen molar-refractivity contribution in [2.24, 2.45) is 0 Å². The Morgan fingerprint density at radius 2 is 1.86 bits per heavy atom. The van der Waals surface area contributed by atoms with Crippen molar-refractivity contribution in [1.29, 1.82) is 0 Å². The zero-order valence-corrected chi connectivity index (χ0v) is 13.7. The summed E-state index contributed by atoms with van der Waals surface area (Å²) in [5.74, 6) is -0.325. The number of rotatable bonds is 8. The Hall–Kier alpha value is -1.39. The molecule has 0 aromatic heterocycles. The van der Waals surface area contributed by atoms with Crippen molar-refractivity contribution in [1.82, 2.24) is 5.32 Å². The van der Waals surface area contributed by atoms with Gasteiger partial charge in [-0.1, -0.05) is 31.2 Å². The average molecular weight is 293 g/mol. The van der Waals surface area contributed by atoms with Gasteiger partial charge in [0.15, 0.2) is 0 Å². The van der Waals surface area contributed by atoms with Crippen LogP contribution in [0.25, 0.3) is 0 Å². The van der Waals surface area contributed by atoms with Crippen molar-refractivity contribution in [3.8, 4) is 0 Å². The number of hydrogen-bond donors (Lipinski definition) is 1. The van der Waals surface area contributed by atoms with Crippen LogP contribution >= 0.6 is 0 Å². The summed E-state index contributed by atoms with van der Waals surface area (Å²) in [5.41, 5.74) is 1.81. The van der Waals surface area contributed by atoms with Gasteiger partial charge in [0.2, 0.25) is 0 Å². The molecule has 4 nitrogen and oxygen atoms in total. The maximum Gasteiger partial charge on any atom is 0.313 e. The van der Waals surface area contributed by atoms with Crippen molar-refractivity contribution in [3.63, 3.8) is 0 Å². The van der Waals surface area contributed by atoms with Crippen LogP contribution in [0.15, 0.2) is 24.3 Å². The summed E-state index contributed by atoms with van der Waals surface area (Å²) in [7, 11) is 1.68. The minimum atomic E-state index is -0.352. The quantitative estimate of drug-likeness (QED) is 0.590. The standard InChI is InChI=1S/C17H27NO3/c1-6-15(16(19)21-7-2)14-10-8-13(9-11-14)12-18-17(3,4)20-5/h8-11,15,18H,6-7,12H2,1-5H3. The lowest BCUT2D eigenvalue weighted by atomic mass is 9.95. The molecule has 0 heterocycles. The Balaban J connectivity index is 2.70. The predicted octanol–water partition coefficient (Wildman–Crippen LogP) is 3.22. The molecular weight excluding hydrogens is 266 g/mol.